The number of rotatable bonds is 3. The van der Waals surface area contributed by atoms with Gasteiger partial charge in [0.15, 0.2) is 0 Å². The second-order valence-corrected chi connectivity index (χ2v) is 4.33. The third-order valence-electron chi connectivity index (χ3n) is 1.92. The van der Waals surface area contributed by atoms with Crippen molar-refractivity contribution >= 4 is 33.4 Å². The minimum absolute atomic E-state index is 0.224. The number of carbonyl (C=O) groups is 2. The van der Waals surface area contributed by atoms with Crippen LogP contribution in [0.1, 0.15) is 13.8 Å². The molecule has 5 heteroatoms. The van der Waals surface area contributed by atoms with Gasteiger partial charge >= 0.3 is 0 Å². The van der Waals surface area contributed by atoms with E-state index in [1.807, 2.05) is 12.1 Å². The highest BCUT2D eigenvalue weighted by Crippen LogP contribution is 2.14. The highest BCUT2D eigenvalue weighted by Gasteiger charge is 2.13. The van der Waals surface area contributed by atoms with Crippen molar-refractivity contribution in [3.05, 3.63) is 28.7 Å². The number of amides is 2. The van der Waals surface area contributed by atoms with Crippen molar-refractivity contribution in [1.82, 2.24) is 5.32 Å². The zero-order valence-electron chi connectivity index (χ0n) is 9.08. The minimum atomic E-state index is -0.541. The van der Waals surface area contributed by atoms with E-state index in [1.54, 1.807) is 19.1 Å². The van der Waals surface area contributed by atoms with Gasteiger partial charge in [-0.05, 0) is 31.2 Å². The number of hydrogen-bond donors (Lipinski definition) is 2. The molecule has 16 heavy (non-hydrogen) atoms. The van der Waals surface area contributed by atoms with E-state index in [9.17, 15) is 9.59 Å². The van der Waals surface area contributed by atoms with Crippen LogP contribution in [-0.4, -0.2) is 17.9 Å². The Morgan fingerprint density at radius 3 is 2.31 bits per heavy atom. The first-order valence-electron chi connectivity index (χ1n) is 4.82. The molecule has 0 saturated carbocycles. The summed E-state index contributed by atoms with van der Waals surface area (Å²) in [5.41, 5.74) is 0.699. The Kier molecular flexibility index (Phi) is 4.49. The van der Waals surface area contributed by atoms with Crippen molar-refractivity contribution in [3.8, 4) is 0 Å². The summed E-state index contributed by atoms with van der Waals surface area (Å²) in [5, 5.41) is 5.21. The first kappa shape index (κ1) is 12.7. The van der Waals surface area contributed by atoms with Crippen LogP contribution in [0.3, 0.4) is 0 Å². The molecule has 2 amide bonds. The number of halogens is 1. The van der Waals surface area contributed by atoms with Gasteiger partial charge in [0.25, 0.3) is 0 Å². The van der Waals surface area contributed by atoms with E-state index in [0.717, 1.165) is 4.47 Å². The second kappa shape index (κ2) is 5.65. The third-order valence-corrected chi connectivity index (χ3v) is 2.45. The van der Waals surface area contributed by atoms with Crippen molar-refractivity contribution in [3.63, 3.8) is 0 Å². The van der Waals surface area contributed by atoms with Crippen LogP contribution in [0, 0.1) is 0 Å². The van der Waals surface area contributed by atoms with Gasteiger partial charge in [0.2, 0.25) is 11.8 Å². The van der Waals surface area contributed by atoms with E-state index >= 15 is 0 Å². The maximum absolute atomic E-state index is 11.6. The van der Waals surface area contributed by atoms with E-state index in [-0.39, 0.29) is 11.8 Å². The van der Waals surface area contributed by atoms with Crippen LogP contribution in [0.5, 0.6) is 0 Å². The van der Waals surface area contributed by atoms with Gasteiger partial charge in [0.1, 0.15) is 6.04 Å². The van der Waals surface area contributed by atoms with Crippen LogP contribution in [0.2, 0.25) is 0 Å². The summed E-state index contributed by atoms with van der Waals surface area (Å²) in [5.74, 6) is -0.462. The Hall–Kier alpha value is -1.36. The normalized spacial score (nSPS) is 11.7. The molecular weight excluding hydrogens is 272 g/mol. The summed E-state index contributed by atoms with van der Waals surface area (Å²) in [6.07, 6.45) is 0. The van der Waals surface area contributed by atoms with E-state index in [0.29, 0.717) is 5.69 Å². The van der Waals surface area contributed by atoms with Gasteiger partial charge in [-0.25, -0.2) is 0 Å². The van der Waals surface area contributed by atoms with Crippen LogP contribution in [0.4, 0.5) is 5.69 Å². The zero-order valence-corrected chi connectivity index (χ0v) is 10.7. The van der Waals surface area contributed by atoms with Gasteiger partial charge in [0.05, 0.1) is 0 Å². The number of anilines is 1. The fourth-order valence-electron chi connectivity index (χ4n) is 1.15. The summed E-state index contributed by atoms with van der Waals surface area (Å²) in [4.78, 5) is 22.4. The molecule has 4 nitrogen and oxygen atoms in total. The van der Waals surface area contributed by atoms with E-state index in [2.05, 4.69) is 26.6 Å². The highest BCUT2D eigenvalue weighted by atomic mass is 79.9. The molecule has 0 heterocycles. The monoisotopic (exact) mass is 284 g/mol. The average Bonchev–Trinajstić information content (AvgIpc) is 2.20. The predicted molar refractivity (Wildman–Crippen MR) is 66.1 cm³/mol. The molecule has 0 aliphatic carbocycles. The Balaban J connectivity index is 2.57. The van der Waals surface area contributed by atoms with Crippen molar-refractivity contribution in [1.29, 1.82) is 0 Å². The quantitative estimate of drug-likeness (QED) is 0.891. The van der Waals surface area contributed by atoms with E-state index in [1.165, 1.54) is 6.92 Å². The lowest BCUT2D eigenvalue weighted by Gasteiger charge is -2.12. The Bertz CT molecular complexity index is 389. The molecule has 0 radical (unpaired) electrons. The maximum atomic E-state index is 11.6. The molecule has 0 aliphatic rings. The average molecular weight is 285 g/mol. The molecular formula is C11H13BrN2O2. The Morgan fingerprint density at radius 1 is 1.25 bits per heavy atom. The van der Waals surface area contributed by atoms with Crippen LogP contribution in [0.15, 0.2) is 28.7 Å². The van der Waals surface area contributed by atoms with Gasteiger partial charge in [-0.3, -0.25) is 9.59 Å². The van der Waals surface area contributed by atoms with Crippen LogP contribution in [-0.2, 0) is 9.59 Å². The fourth-order valence-corrected chi connectivity index (χ4v) is 1.42. The third kappa shape index (κ3) is 4.02. The number of hydrogen-bond acceptors (Lipinski definition) is 2. The molecule has 1 unspecified atom stereocenters. The predicted octanol–water partition coefficient (Wildman–Crippen LogP) is 1.91. The van der Waals surface area contributed by atoms with E-state index in [4.69, 9.17) is 0 Å². The second-order valence-electron chi connectivity index (χ2n) is 3.42. The molecule has 1 rings (SSSR count). The standard InChI is InChI=1S/C11H13BrN2O2/c1-7(13-8(2)15)11(16)14-10-5-3-9(12)4-6-10/h3-7H,1-2H3,(H,13,15)(H,14,16). The molecule has 0 aliphatic heterocycles. The van der Waals surface area contributed by atoms with Gasteiger partial charge in [-0.15, -0.1) is 0 Å². The smallest absolute Gasteiger partial charge is 0.246 e. The molecule has 1 atom stereocenters. The molecule has 0 saturated heterocycles. The molecule has 2 N–H and O–H groups in total. The van der Waals surface area contributed by atoms with Crippen LogP contribution < -0.4 is 10.6 Å². The van der Waals surface area contributed by atoms with Crippen molar-refractivity contribution in [2.45, 2.75) is 19.9 Å². The van der Waals surface area contributed by atoms with Crippen LogP contribution >= 0.6 is 15.9 Å². The Morgan fingerprint density at radius 2 is 1.81 bits per heavy atom. The summed E-state index contributed by atoms with van der Waals surface area (Å²) in [7, 11) is 0. The van der Waals surface area contributed by atoms with Crippen molar-refractivity contribution < 1.29 is 9.59 Å². The highest BCUT2D eigenvalue weighted by molar-refractivity contribution is 9.10. The van der Waals surface area contributed by atoms with Crippen LogP contribution in [0.25, 0.3) is 0 Å². The van der Waals surface area contributed by atoms with Gasteiger partial charge in [-0.2, -0.15) is 0 Å². The molecule has 0 aromatic heterocycles. The summed E-state index contributed by atoms with van der Waals surface area (Å²) >= 11 is 3.30. The maximum Gasteiger partial charge on any atom is 0.246 e. The minimum Gasteiger partial charge on any atom is -0.345 e. The molecule has 0 spiro atoms. The molecule has 1 aromatic rings. The molecule has 1 aromatic carbocycles. The largest absolute Gasteiger partial charge is 0.345 e. The lowest BCUT2D eigenvalue weighted by Crippen LogP contribution is -2.40. The van der Waals surface area contributed by atoms with Gasteiger partial charge in [-0.1, -0.05) is 15.9 Å². The first-order valence-corrected chi connectivity index (χ1v) is 5.62. The van der Waals surface area contributed by atoms with Crippen molar-refractivity contribution in [2.24, 2.45) is 0 Å². The zero-order chi connectivity index (χ0) is 12.1. The number of benzene rings is 1. The molecule has 86 valence electrons. The van der Waals surface area contributed by atoms with Gasteiger partial charge in [0, 0.05) is 17.1 Å². The first-order chi connectivity index (χ1) is 7.49. The molecule has 0 bridgehead atoms. The lowest BCUT2D eigenvalue weighted by molar-refractivity contribution is -0.124. The Labute approximate surface area is 103 Å². The van der Waals surface area contributed by atoms with Gasteiger partial charge < -0.3 is 10.6 Å². The lowest BCUT2D eigenvalue weighted by atomic mass is 10.2. The number of nitrogens with one attached hydrogen (secondary N) is 2. The van der Waals surface area contributed by atoms with E-state index < -0.39 is 6.04 Å². The van der Waals surface area contributed by atoms with Crippen molar-refractivity contribution in [2.75, 3.05) is 5.32 Å². The molecule has 0 fully saturated rings. The SMILES string of the molecule is CC(=O)NC(C)C(=O)Nc1ccc(Br)cc1. The summed E-state index contributed by atoms with van der Waals surface area (Å²) in [6, 6.07) is 6.68. The fraction of sp³-hybridized carbons (Fsp3) is 0.273. The summed E-state index contributed by atoms with van der Waals surface area (Å²) in [6.45, 7) is 3.01. The number of carbonyl (C=O) groups excluding carboxylic acids is 2. The summed E-state index contributed by atoms with van der Waals surface area (Å²) < 4.78 is 0.945. The topological polar surface area (TPSA) is 58.2 Å².